The molecule has 7 nitrogen and oxygen atoms in total. The molecule has 0 saturated heterocycles. The van der Waals surface area contributed by atoms with Gasteiger partial charge in [-0.15, -0.1) is 0 Å². The summed E-state index contributed by atoms with van der Waals surface area (Å²) in [6, 6.07) is 0. The van der Waals surface area contributed by atoms with Crippen molar-refractivity contribution in [1.82, 2.24) is 5.32 Å². The standard InChI is InChI=1S/C22H37NO6/c1-12-11-22(17(25)28-20(5,6)7,23-18(26)29-21(8,9)10)15-13(12)14(15)16(24)27-19(2,3)4/h12-15H,11H2,1-10H3,(H,23,26). The zero-order valence-corrected chi connectivity index (χ0v) is 19.5. The lowest BCUT2D eigenvalue weighted by Crippen LogP contribution is -2.59. The molecule has 1 amide bonds. The number of hydrogen-bond acceptors (Lipinski definition) is 6. The molecule has 166 valence electrons. The van der Waals surface area contributed by atoms with Crippen molar-refractivity contribution in [2.45, 2.75) is 98.0 Å². The highest BCUT2D eigenvalue weighted by Gasteiger charge is 2.75. The summed E-state index contributed by atoms with van der Waals surface area (Å²) in [5, 5.41) is 2.80. The van der Waals surface area contributed by atoms with Crippen LogP contribution < -0.4 is 5.32 Å². The fourth-order valence-corrected chi connectivity index (χ4v) is 4.39. The van der Waals surface area contributed by atoms with Gasteiger partial charge in [-0.1, -0.05) is 6.92 Å². The number of carbonyl (C=O) groups is 3. The van der Waals surface area contributed by atoms with E-state index in [4.69, 9.17) is 14.2 Å². The first kappa shape index (κ1) is 23.5. The van der Waals surface area contributed by atoms with E-state index in [1.165, 1.54) is 0 Å². The van der Waals surface area contributed by atoms with E-state index in [1.807, 2.05) is 27.7 Å². The minimum atomic E-state index is -1.30. The molecule has 0 aliphatic heterocycles. The van der Waals surface area contributed by atoms with Crippen molar-refractivity contribution in [3.63, 3.8) is 0 Å². The summed E-state index contributed by atoms with van der Waals surface area (Å²) in [6.07, 6.45) is -0.290. The maximum absolute atomic E-state index is 13.3. The van der Waals surface area contributed by atoms with Crippen molar-refractivity contribution < 1.29 is 28.6 Å². The van der Waals surface area contributed by atoms with Crippen LogP contribution >= 0.6 is 0 Å². The lowest BCUT2D eigenvalue weighted by atomic mass is 9.87. The zero-order valence-electron chi connectivity index (χ0n) is 19.5. The fourth-order valence-electron chi connectivity index (χ4n) is 4.39. The molecule has 5 unspecified atom stereocenters. The Morgan fingerprint density at radius 1 is 0.828 bits per heavy atom. The van der Waals surface area contributed by atoms with Crippen LogP contribution in [0.5, 0.6) is 0 Å². The van der Waals surface area contributed by atoms with Gasteiger partial charge < -0.3 is 19.5 Å². The van der Waals surface area contributed by atoms with Gasteiger partial charge in [0.25, 0.3) is 0 Å². The third kappa shape index (κ3) is 5.43. The van der Waals surface area contributed by atoms with Crippen molar-refractivity contribution in [2.75, 3.05) is 0 Å². The second-order valence-corrected chi connectivity index (χ2v) is 11.4. The third-order valence-electron chi connectivity index (χ3n) is 5.11. The second-order valence-electron chi connectivity index (χ2n) is 11.4. The Morgan fingerprint density at radius 3 is 1.76 bits per heavy atom. The van der Waals surface area contributed by atoms with Crippen LogP contribution in [0.25, 0.3) is 0 Å². The number of ether oxygens (including phenoxy) is 3. The monoisotopic (exact) mass is 411 g/mol. The molecule has 29 heavy (non-hydrogen) atoms. The molecule has 0 heterocycles. The van der Waals surface area contributed by atoms with E-state index in [0.29, 0.717) is 6.42 Å². The van der Waals surface area contributed by atoms with Crippen LogP contribution in [0, 0.1) is 23.7 Å². The minimum Gasteiger partial charge on any atom is -0.460 e. The summed E-state index contributed by atoms with van der Waals surface area (Å²) in [6.45, 7) is 18.0. The Kier molecular flexibility index (Phi) is 5.80. The van der Waals surface area contributed by atoms with E-state index >= 15 is 0 Å². The average Bonchev–Trinajstić information content (AvgIpc) is 3.10. The molecule has 2 saturated carbocycles. The Bertz CT molecular complexity index is 681. The van der Waals surface area contributed by atoms with Gasteiger partial charge in [0.05, 0.1) is 5.92 Å². The molecule has 0 bridgehead atoms. The van der Waals surface area contributed by atoms with Gasteiger partial charge in [0.15, 0.2) is 0 Å². The predicted molar refractivity (Wildman–Crippen MR) is 108 cm³/mol. The number of esters is 2. The number of amides is 1. The van der Waals surface area contributed by atoms with Gasteiger partial charge in [-0.2, -0.15) is 0 Å². The van der Waals surface area contributed by atoms with Gasteiger partial charge in [0, 0.05) is 5.92 Å². The average molecular weight is 412 g/mol. The summed E-state index contributed by atoms with van der Waals surface area (Å²) >= 11 is 0. The van der Waals surface area contributed by atoms with Crippen molar-refractivity contribution in [2.24, 2.45) is 23.7 Å². The maximum Gasteiger partial charge on any atom is 0.408 e. The van der Waals surface area contributed by atoms with Gasteiger partial charge in [0.1, 0.15) is 22.3 Å². The van der Waals surface area contributed by atoms with E-state index in [1.54, 1.807) is 41.5 Å². The SMILES string of the molecule is CC1CC(NC(=O)OC(C)(C)C)(C(=O)OC(C)(C)C)C2C(C(=O)OC(C)(C)C)C12. The van der Waals surface area contributed by atoms with Gasteiger partial charge in [-0.05, 0) is 80.6 Å². The van der Waals surface area contributed by atoms with E-state index in [0.717, 1.165) is 0 Å². The molecular formula is C22H37NO6. The van der Waals surface area contributed by atoms with Crippen LogP contribution in [0.2, 0.25) is 0 Å². The predicted octanol–water partition coefficient (Wildman–Crippen LogP) is 3.84. The highest BCUT2D eigenvalue weighted by molar-refractivity contribution is 5.91. The van der Waals surface area contributed by atoms with Crippen LogP contribution in [0.3, 0.4) is 0 Å². The van der Waals surface area contributed by atoms with Crippen LogP contribution in [-0.4, -0.2) is 40.4 Å². The van der Waals surface area contributed by atoms with E-state index < -0.39 is 40.3 Å². The molecule has 1 N–H and O–H groups in total. The summed E-state index contributed by atoms with van der Waals surface area (Å²) < 4.78 is 16.6. The Balaban J connectivity index is 2.34. The highest BCUT2D eigenvalue weighted by atomic mass is 16.6. The number of alkyl carbamates (subject to hydrolysis) is 1. The lowest BCUT2D eigenvalue weighted by Gasteiger charge is -2.35. The molecule has 0 aromatic carbocycles. The van der Waals surface area contributed by atoms with Gasteiger partial charge >= 0.3 is 18.0 Å². The summed E-state index contributed by atoms with van der Waals surface area (Å²) in [5.41, 5.74) is -3.36. The minimum absolute atomic E-state index is 0.0349. The number of carbonyl (C=O) groups excluding carboxylic acids is 3. The number of rotatable bonds is 3. The van der Waals surface area contributed by atoms with Crippen LogP contribution in [-0.2, 0) is 23.8 Å². The molecule has 0 aromatic heterocycles. The first-order chi connectivity index (χ1) is 12.9. The quantitative estimate of drug-likeness (QED) is 0.560. The molecule has 7 heteroatoms. The second kappa shape index (κ2) is 7.17. The fraction of sp³-hybridized carbons (Fsp3) is 0.864. The molecule has 2 fully saturated rings. The molecule has 0 aromatic rings. The van der Waals surface area contributed by atoms with E-state index in [-0.39, 0.29) is 23.7 Å². The van der Waals surface area contributed by atoms with Crippen LogP contribution in [0.4, 0.5) is 4.79 Å². The van der Waals surface area contributed by atoms with Crippen molar-refractivity contribution in [3.8, 4) is 0 Å². The Morgan fingerprint density at radius 2 is 1.31 bits per heavy atom. The first-order valence-corrected chi connectivity index (χ1v) is 10.3. The summed E-state index contributed by atoms with van der Waals surface area (Å²) in [7, 11) is 0. The molecule has 5 atom stereocenters. The van der Waals surface area contributed by atoms with E-state index in [2.05, 4.69) is 5.32 Å². The number of nitrogens with one attached hydrogen (secondary N) is 1. The molecule has 0 spiro atoms. The lowest BCUT2D eigenvalue weighted by molar-refractivity contribution is -0.166. The maximum atomic E-state index is 13.3. The normalized spacial score (nSPS) is 31.5. The highest BCUT2D eigenvalue weighted by Crippen LogP contribution is 2.65. The topological polar surface area (TPSA) is 90.9 Å². The molecule has 2 rings (SSSR count). The van der Waals surface area contributed by atoms with Crippen molar-refractivity contribution >= 4 is 18.0 Å². The third-order valence-corrected chi connectivity index (χ3v) is 5.11. The molecule has 2 aliphatic carbocycles. The summed E-state index contributed by atoms with van der Waals surface area (Å²) in [4.78, 5) is 38.7. The van der Waals surface area contributed by atoms with Crippen molar-refractivity contribution in [3.05, 3.63) is 0 Å². The Labute approximate surface area is 174 Å². The molecule has 2 aliphatic rings. The Hall–Kier alpha value is -1.79. The molecular weight excluding hydrogens is 374 g/mol. The van der Waals surface area contributed by atoms with E-state index in [9.17, 15) is 14.4 Å². The number of hydrogen-bond donors (Lipinski definition) is 1. The zero-order chi connectivity index (χ0) is 22.6. The number of fused-ring (bicyclic) bond motifs is 1. The van der Waals surface area contributed by atoms with Gasteiger partial charge in [-0.3, -0.25) is 4.79 Å². The van der Waals surface area contributed by atoms with Crippen LogP contribution in [0.1, 0.15) is 75.7 Å². The molecule has 0 radical (unpaired) electrons. The van der Waals surface area contributed by atoms with Gasteiger partial charge in [-0.25, -0.2) is 9.59 Å². The summed E-state index contributed by atoms with van der Waals surface area (Å²) in [5.74, 6) is -1.65. The smallest absolute Gasteiger partial charge is 0.408 e. The van der Waals surface area contributed by atoms with Crippen LogP contribution in [0.15, 0.2) is 0 Å². The van der Waals surface area contributed by atoms with Gasteiger partial charge in [0.2, 0.25) is 0 Å². The first-order valence-electron chi connectivity index (χ1n) is 10.3. The van der Waals surface area contributed by atoms with Crippen molar-refractivity contribution in [1.29, 1.82) is 0 Å². The largest absolute Gasteiger partial charge is 0.460 e.